The molecule has 1 aromatic carbocycles. The summed E-state index contributed by atoms with van der Waals surface area (Å²) in [7, 11) is 0. The van der Waals surface area contributed by atoms with Crippen LogP contribution in [0.3, 0.4) is 0 Å². The first-order chi connectivity index (χ1) is 16.2. The summed E-state index contributed by atoms with van der Waals surface area (Å²) in [6, 6.07) is 14.0. The van der Waals surface area contributed by atoms with Crippen LogP contribution in [0.15, 0.2) is 48.7 Å². The highest BCUT2D eigenvalue weighted by Crippen LogP contribution is 2.37. The van der Waals surface area contributed by atoms with Crippen LogP contribution in [0.25, 0.3) is 11.3 Å². The van der Waals surface area contributed by atoms with E-state index in [0.29, 0.717) is 23.2 Å². The van der Waals surface area contributed by atoms with Crippen molar-refractivity contribution in [1.82, 2.24) is 15.2 Å². The van der Waals surface area contributed by atoms with Crippen LogP contribution in [0.1, 0.15) is 80.5 Å². The van der Waals surface area contributed by atoms with Crippen molar-refractivity contribution >= 4 is 17.6 Å². The molecule has 1 amide bonds. The van der Waals surface area contributed by atoms with Gasteiger partial charge >= 0.3 is 5.97 Å². The van der Waals surface area contributed by atoms with Crippen molar-refractivity contribution in [2.45, 2.75) is 64.2 Å². The Morgan fingerprint density at radius 3 is 2.32 bits per heavy atom. The fraction of sp³-hybridized carbons (Fsp3) is 0.407. The molecule has 7 nitrogen and oxygen atoms in total. The molecule has 1 aliphatic carbocycles. The number of carboxylic acids is 1. The van der Waals surface area contributed by atoms with E-state index in [-0.39, 0.29) is 17.7 Å². The van der Waals surface area contributed by atoms with Gasteiger partial charge in [-0.05, 0) is 61.3 Å². The first kappa shape index (κ1) is 23.7. The summed E-state index contributed by atoms with van der Waals surface area (Å²) in [5.74, 6) is -0.166. The van der Waals surface area contributed by atoms with Crippen LogP contribution in [-0.4, -0.2) is 32.2 Å². The molecule has 7 heteroatoms. The lowest BCUT2D eigenvalue weighted by Gasteiger charge is -2.28. The third-order valence-electron chi connectivity index (χ3n) is 6.63. The van der Waals surface area contributed by atoms with Crippen LogP contribution in [0.4, 0.5) is 5.69 Å². The normalized spacial score (nSPS) is 18.4. The number of carbonyl (C=O) groups excluding carboxylic acids is 1. The second-order valence-corrected chi connectivity index (χ2v) is 10.2. The predicted molar refractivity (Wildman–Crippen MR) is 132 cm³/mol. The van der Waals surface area contributed by atoms with Crippen molar-refractivity contribution in [3.63, 3.8) is 0 Å². The van der Waals surface area contributed by atoms with E-state index in [9.17, 15) is 9.59 Å². The summed E-state index contributed by atoms with van der Waals surface area (Å²) in [6.07, 6.45) is 5.97. The van der Waals surface area contributed by atoms with Crippen molar-refractivity contribution in [2.24, 2.45) is 5.92 Å². The zero-order valence-corrected chi connectivity index (χ0v) is 20.0. The maximum absolute atomic E-state index is 12.5. The predicted octanol–water partition coefficient (Wildman–Crippen LogP) is 5.77. The number of amides is 1. The molecule has 0 atom stereocenters. The molecule has 0 saturated heterocycles. The number of H-pyrrole nitrogens is 1. The number of benzene rings is 1. The van der Waals surface area contributed by atoms with Crippen LogP contribution < -0.4 is 5.32 Å². The monoisotopic (exact) mass is 460 g/mol. The molecule has 3 aromatic rings. The Kier molecular flexibility index (Phi) is 6.82. The molecule has 0 aliphatic heterocycles. The highest BCUT2D eigenvalue weighted by atomic mass is 16.4. The molecule has 2 heterocycles. The summed E-state index contributed by atoms with van der Waals surface area (Å²) in [5, 5.41) is 18.9. The van der Waals surface area contributed by atoms with Crippen LogP contribution in [0, 0.1) is 5.92 Å². The lowest BCUT2D eigenvalue weighted by molar-refractivity contribution is -0.138. The smallest absolute Gasteiger partial charge is 0.303 e. The number of nitrogens with zero attached hydrogens (tertiary/aromatic N) is 2. The number of carboxylic acid groups (broad SMARTS) is 1. The highest BCUT2D eigenvalue weighted by molar-refractivity contribution is 6.02. The topological polar surface area (TPSA) is 108 Å². The third-order valence-corrected chi connectivity index (χ3v) is 6.63. The summed E-state index contributed by atoms with van der Waals surface area (Å²) in [6.45, 7) is 6.18. The Morgan fingerprint density at radius 1 is 1.06 bits per heavy atom. The molecular formula is C27H32N4O3. The summed E-state index contributed by atoms with van der Waals surface area (Å²) in [4.78, 5) is 28.0. The van der Waals surface area contributed by atoms with Crippen LogP contribution in [-0.2, 0) is 10.2 Å². The van der Waals surface area contributed by atoms with E-state index in [1.54, 1.807) is 12.3 Å². The molecule has 1 saturated carbocycles. The Balaban J connectivity index is 1.35. The van der Waals surface area contributed by atoms with Gasteiger partial charge in [-0.15, -0.1) is 0 Å². The van der Waals surface area contributed by atoms with Crippen molar-refractivity contribution in [3.8, 4) is 11.3 Å². The second-order valence-electron chi connectivity index (χ2n) is 10.2. The number of aliphatic carboxylic acids is 1. The summed E-state index contributed by atoms with van der Waals surface area (Å²) < 4.78 is 0. The van der Waals surface area contributed by atoms with Gasteiger partial charge in [0.15, 0.2) is 5.69 Å². The van der Waals surface area contributed by atoms with Crippen molar-refractivity contribution in [3.05, 3.63) is 65.6 Å². The maximum atomic E-state index is 12.5. The van der Waals surface area contributed by atoms with E-state index < -0.39 is 5.97 Å². The molecule has 178 valence electrons. The molecule has 0 unspecified atom stereocenters. The maximum Gasteiger partial charge on any atom is 0.303 e. The SMILES string of the molecule is CC(C)(C)c1cc(C(=O)Nc2ccc(-c3ccc(C4CCC(CC(=O)O)CC4)cc3)nc2)n[nH]1. The lowest BCUT2D eigenvalue weighted by atomic mass is 9.77. The van der Waals surface area contributed by atoms with Gasteiger partial charge in [-0.3, -0.25) is 19.7 Å². The molecular weight excluding hydrogens is 428 g/mol. The molecule has 1 aliphatic rings. The van der Waals surface area contributed by atoms with Gasteiger partial charge in [0.1, 0.15) is 0 Å². The zero-order chi connectivity index (χ0) is 24.3. The number of carbonyl (C=O) groups is 2. The van der Waals surface area contributed by atoms with E-state index in [4.69, 9.17) is 5.11 Å². The van der Waals surface area contributed by atoms with Crippen molar-refractivity contribution < 1.29 is 14.7 Å². The molecule has 2 aromatic heterocycles. The number of hydrogen-bond donors (Lipinski definition) is 3. The third kappa shape index (κ3) is 5.71. The zero-order valence-electron chi connectivity index (χ0n) is 20.0. The van der Waals surface area contributed by atoms with E-state index >= 15 is 0 Å². The van der Waals surface area contributed by atoms with Gasteiger partial charge in [0.25, 0.3) is 5.91 Å². The number of nitrogens with one attached hydrogen (secondary N) is 2. The molecule has 3 N–H and O–H groups in total. The van der Waals surface area contributed by atoms with Crippen molar-refractivity contribution in [2.75, 3.05) is 5.32 Å². The largest absolute Gasteiger partial charge is 0.481 e. The van der Waals surface area contributed by atoms with Gasteiger partial charge < -0.3 is 10.4 Å². The van der Waals surface area contributed by atoms with Crippen molar-refractivity contribution in [1.29, 1.82) is 0 Å². The summed E-state index contributed by atoms with van der Waals surface area (Å²) >= 11 is 0. The minimum atomic E-state index is -0.693. The molecule has 0 spiro atoms. The molecule has 0 bridgehead atoms. The Labute approximate surface area is 200 Å². The minimum Gasteiger partial charge on any atom is -0.481 e. The van der Waals surface area contributed by atoms with Crippen LogP contribution >= 0.6 is 0 Å². The lowest BCUT2D eigenvalue weighted by Crippen LogP contribution is -2.16. The van der Waals surface area contributed by atoms with Gasteiger partial charge in [-0.2, -0.15) is 5.10 Å². The van der Waals surface area contributed by atoms with Gasteiger partial charge in [0.05, 0.1) is 17.6 Å². The average Bonchev–Trinajstić information content (AvgIpc) is 3.31. The van der Waals surface area contributed by atoms with E-state index in [1.807, 2.05) is 12.1 Å². The average molecular weight is 461 g/mol. The number of hydrogen-bond acceptors (Lipinski definition) is 4. The van der Waals surface area contributed by atoms with Crippen LogP contribution in [0.5, 0.6) is 0 Å². The van der Waals surface area contributed by atoms with E-state index in [2.05, 4.69) is 65.5 Å². The van der Waals surface area contributed by atoms with E-state index in [0.717, 1.165) is 42.6 Å². The van der Waals surface area contributed by atoms with Gasteiger partial charge in [-0.1, -0.05) is 45.0 Å². The first-order valence-corrected chi connectivity index (χ1v) is 11.8. The quantitative estimate of drug-likeness (QED) is 0.433. The Hall–Kier alpha value is -3.48. The van der Waals surface area contributed by atoms with Gasteiger partial charge in [-0.25, -0.2) is 0 Å². The standard InChI is InChI=1S/C27H32N4O3/c1-27(2,3)24-15-23(30-31-24)26(34)29-21-12-13-22(28-16-21)20-10-8-19(9-11-20)18-6-4-17(5-7-18)14-25(32)33/h8-13,15-18H,4-7,14H2,1-3H3,(H,29,34)(H,30,31)(H,32,33). The number of aromatic amines is 1. The fourth-order valence-corrected chi connectivity index (χ4v) is 4.53. The Morgan fingerprint density at radius 2 is 1.76 bits per heavy atom. The summed E-state index contributed by atoms with van der Waals surface area (Å²) in [5.41, 5.74) is 4.92. The highest BCUT2D eigenvalue weighted by Gasteiger charge is 2.24. The molecule has 1 fully saturated rings. The fourth-order valence-electron chi connectivity index (χ4n) is 4.53. The Bertz CT molecular complexity index is 1140. The number of aromatic nitrogens is 3. The first-order valence-electron chi connectivity index (χ1n) is 11.8. The molecule has 4 rings (SSSR count). The van der Waals surface area contributed by atoms with Gasteiger partial charge in [0.2, 0.25) is 0 Å². The second kappa shape index (κ2) is 9.79. The van der Waals surface area contributed by atoms with Crippen LogP contribution in [0.2, 0.25) is 0 Å². The molecule has 0 radical (unpaired) electrons. The minimum absolute atomic E-state index is 0.107. The van der Waals surface area contributed by atoms with Gasteiger partial charge in [0, 0.05) is 23.1 Å². The number of rotatable bonds is 6. The number of anilines is 1. The number of pyridine rings is 1. The molecule has 34 heavy (non-hydrogen) atoms. The van der Waals surface area contributed by atoms with E-state index in [1.165, 1.54) is 5.56 Å².